The minimum atomic E-state index is -0.732. The summed E-state index contributed by atoms with van der Waals surface area (Å²) < 4.78 is 15.3. The van der Waals surface area contributed by atoms with Gasteiger partial charge >= 0.3 is 13.5 Å². The Kier molecular flexibility index (Phi) is 11.2. The first-order valence-electron chi connectivity index (χ1n) is 9.59. The van der Waals surface area contributed by atoms with Crippen LogP contribution in [0.2, 0.25) is 5.82 Å². The summed E-state index contributed by atoms with van der Waals surface area (Å²) in [7, 11) is 2.59. The highest BCUT2D eigenvalue weighted by molar-refractivity contribution is 6.39. The molecule has 0 heterocycles. The monoisotopic (exact) mass is 401 g/mol. The van der Waals surface area contributed by atoms with Gasteiger partial charge in [0, 0.05) is 0 Å². The molecule has 0 aromatic heterocycles. The van der Waals surface area contributed by atoms with Crippen LogP contribution in [0.5, 0.6) is 5.75 Å². The van der Waals surface area contributed by atoms with E-state index in [1.807, 2.05) is 38.1 Å². The SMILES string of the molecule is C=CCCOc1ccc(C[C@H]([B]OC=N)C(=O)N[C@@H](CC(C)C)C(=O)OC)cc1. The quantitative estimate of drug-likeness (QED) is 0.125. The van der Waals surface area contributed by atoms with Crippen molar-refractivity contribution in [3.05, 3.63) is 42.5 Å². The van der Waals surface area contributed by atoms with Gasteiger partial charge in [0.1, 0.15) is 18.2 Å². The van der Waals surface area contributed by atoms with Gasteiger partial charge in [-0.05, 0) is 42.9 Å². The molecular formula is C21H30BN2O5. The molecule has 8 heteroatoms. The fourth-order valence-corrected chi connectivity index (χ4v) is 2.68. The van der Waals surface area contributed by atoms with Crippen LogP contribution in [0, 0.1) is 11.3 Å². The maximum atomic E-state index is 12.8. The van der Waals surface area contributed by atoms with Crippen molar-refractivity contribution in [1.29, 1.82) is 5.41 Å². The molecule has 1 aromatic rings. The summed E-state index contributed by atoms with van der Waals surface area (Å²) in [5, 5.41) is 9.79. The number of amides is 1. The van der Waals surface area contributed by atoms with Crippen molar-refractivity contribution in [3.8, 4) is 5.75 Å². The van der Waals surface area contributed by atoms with Gasteiger partial charge in [0.25, 0.3) is 0 Å². The van der Waals surface area contributed by atoms with E-state index in [9.17, 15) is 9.59 Å². The lowest BCUT2D eigenvalue weighted by molar-refractivity contribution is -0.145. The molecule has 7 nitrogen and oxygen atoms in total. The molecule has 157 valence electrons. The lowest BCUT2D eigenvalue weighted by Gasteiger charge is -2.21. The number of carbonyl (C=O) groups is 2. The molecule has 1 aromatic carbocycles. The number of hydrogen-bond donors (Lipinski definition) is 2. The molecule has 2 N–H and O–H groups in total. The molecule has 2 atom stereocenters. The molecular weight excluding hydrogens is 371 g/mol. The van der Waals surface area contributed by atoms with Crippen molar-refractivity contribution in [2.45, 2.75) is 45.0 Å². The second-order valence-electron chi connectivity index (χ2n) is 6.98. The molecule has 0 aliphatic carbocycles. The molecule has 0 saturated carbocycles. The van der Waals surface area contributed by atoms with E-state index in [1.54, 1.807) is 6.08 Å². The maximum absolute atomic E-state index is 12.8. The molecule has 29 heavy (non-hydrogen) atoms. The molecule has 0 bridgehead atoms. The minimum absolute atomic E-state index is 0.202. The zero-order chi connectivity index (χ0) is 21.6. The van der Waals surface area contributed by atoms with Crippen LogP contribution in [-0.2, 0) is 25.4 Å². The predicted molar refractivity (Wildman–Crippen MR) is 113 cm³/mol. The van der Waals surface area contributed by atoms with E-state index in [1.165, 1.54) is 14.6 Å². The number of rotatable bonds is 14. The average molecular weight is 401 g/mol. The third kappa shape index (κ3) is 9.32. The van der Waals surface area contributed by atoms with Gasteiger partial charge in [0.2, 0.25) is 5.91 Å². The second-order valence-corrected chi connectivity index (χ2v) is 6.98. The van der Waals surface area contributed by atoms with Gasteiger partial charge in [0.05, 0.1) is 19.5 Å². The van der Waals surface area contributed by atoms with Crippen molar-refractivity contribution < 1.29 is 23.7 Å². The topological polar surface area (TPSA) is 97.7 Å². The smallest absolute Gasteiger partial charge is 0.384 e. The molecule has 0 aliphatic heterocycles. The number of carbonyl (C=O) groups excluding carboxylic acids is 2. The number of methoxy groups -OCH3 is 1. The Labute approximate surface area is 173 Å². The van der Waals surface area contributed by atoms with E-state index >= 15 is 0 Å². The lowest BCUT2D eigenvalue weighted by Crippen LogP contribution is -2.45. The summed E-state index contributed by atoms with van der Waals surface area (Å²) >= 11 is 0. The summed E-state index contributed by atoms with van der Waals surface area (Å²) in [4.78, 5) is 24.8. The number of nitrogens with one attached hydrogen (secondary N) is 2. The van der Waals surface area contributed by atoms with Crippen molar-refractivity contribution in [2.24, 2.45) is 5.92 Å². The van der Waals surface area contributed by atoms with Crippen LogP contribution in [0.15, 0.2) is 36.9 Å². The molecule has 1 amide bonds. The largest absolute Gasteiger partial charge is 0.555 e. The predicted octanol–water partition coefficient (Wildman–Crippen LogP) is 2.92. The van der Waals surface area contributed by atoms with Crippen molar-refractivity contribution in [3.63, 3.8) is 0 Å². The maximum Gasteiger partial charge on any atom is 0.384 e. The number of ether oxygens (including phenoxy) is 2. The van der Waals surface area contributed by atoms with E-state index in [2.05, 4.69) is 11.9 Å². The van der Waals surface area contributed by atoms with Crippen LogP contribution in [0.1, 0.15) is 32.3 Å². The first-order valence-corrected chi connectivity index (χ1v) is 9.59. The first-order chi connectivity index (χ1) is 13.9. The van der Waals surface area contributed by atoms with Crippen LogP contribution in [0.3, 0.4) is 0 Å². The standard InChI is InChI=1S/C21H30BN2O5/c1-5-6-11-28-17-9-7-16(8-10-17)13-18(22-29-14-23)20(25)24-19(12-15(2)3)21(26)27-4/h5,7-10,14-15,18-19,23H,1,6,11-13H2,2-4H3,(H,24,25)/t18-,19-/m0/s1. The Morgan fingerprint density at radius 3 is 2.52 bits per heavy atom. The fraction of sp³-hybridized carbons (Fsp3) is 0.476. The normalized spacial score (nSPS) is 12.4. The molecule has 1 rings (SSSR count). The third-order valence-corrected chi connectivity index (χ3v) is 4.13. The Balaban J connectivity index is 2.81. The zero-order valence-electron chi connectivity index (χ0n) is 17.4. The third-order valence-electron chi connectivity index (χ3n) is 4.13. The van der Waals surface area contributed by atoms with Gasteiger partial charge in [-0.15, -0.1) is 6.58 Å². The van der Waals surface area contributed by atoms with Crippen molar-refractivity contribution in [1.82, 2.24) is 5.32 Å². The van der Waals surface area contributed by atoms with E-state index in [0.29, 0.717) is 19.4 Å². The molecule has 0 fully saturated rings. The van der Waals surface area contributed by atoms with E-state index < -0.39 is 17.8 Å². The van der Waals surface area contributed by atoms with Crippen LogP contribution in [0.4, 0.5) is 0 Å². The van der Waals surface area contributed by atoms with Crippen LogP contribution < -0.4 is 10.1 Å². The first kappa shape index (κ1) is 24.3. The zero-order valence-corrected chi connectivity index (χ0v) is 17.4. The molecule has 0 unspecified atom stereocenters. The van der Waals surface area contributed by atoms with Crippen LogP contribution in [0.25, 0.3) is 0 Å². The summed E-state index contributed by atoms with van der Waals surface area (Å²) in [6.45, 7) is 8.13. The summed E-state index contributed by atoms with van der Waals surface area (Å²) in [6, 6.07) is 6.67. The molecule has 0 saturated heterocycles. The Morgan fingerprint density at radius 2 is 1.97 bits per heavy atom. The van der Waals surface area contributed by atoms with Gasteiger partial charge in [-0.3, -0.25) is 10.2 Å². The number of esters is 1. The van der Waals surface area contributed by atoms with Gasteiger partial charge in [-0.1, -0.05) is 32.1 Å². The van der Waals surface area contributed by atoms with Crippen LogP contribution in [-0.4, -0.2) is 45.5 Å². The van der Waals surface area contributed by atoms with Crippen LogP contribution >= 0.6 is 0 Å². The summed E-state index contributed by atoms with van der Waals surface area (Å²) in [6.07, 6.45) is 4.12. The lowest BCUT2D eigenvalue weighted by atomic mass is 9.75. The van der Waals surface area contributed by atoms with E-state index in [-0.39, 0.29) is 11.8 Å². The molecule has 0 aliphatic rings. The summed E-state index contributed by atoms with van der Waals surface area (Å²) in [5.74, 6) is -0.593. The van der Waals surface area contributed by atoms with E-state index in [0.717, 1.165) is 24.1 Å². The highest BCUT2D eigenvalue weighted by Gasteiger charge is 2.28. The minimum Gasteiger partial charge on any atom is -0.555 e. The summed E-state index contributed by atoms with van der Waals surface area (Å²) in [5.41, 5.74) is 0.893. The Morgan fingerprint density at radius 1 is 1.28 bits per heavy atom. The molecule has 1 radical (unpaired) electrons. The van der Waals surface area contributed by atoms with Crippen molar-refractivity contribution in [2.75, 3.05) is 13.7 Å². The van der Waals surface area contributed by atoms with E-state index in [4.69, 9.17) is 19.5 Å². The van der Waals surface area contributed by atoms with Gasteiger partial charge in [-0.2, -0.15) is 0 Å². The highest BCUT2D eigenvalue weighted by Crippen LogP contribution is 2.19. The Bertz CT molecular complexity index is 664. The van der Waals surface area contributed by atoms with Gasteiger partial charge in [0.15, 0.2) is 0 Å². The van der Waals surface area contributed by atoms with Gasteiger partial charge in [-0.25, -0.2) is 4.79 Å². The highest BCUT2D eigenvalue weighted by atomic mass is 16.5. The fourth-order valence-electron chi connectivity index (χ4n) is 2.68. The Hall–Kier alpha value is -2.77. The number of benzene rings is 1. The van der Waals surface area contributed by atoms with Crippen molar-refractivity contribution >= 4 is 25.8 Å². The van der Waals surface area contributed by atoms with Gasteiger partial charge < -0.3 is 19.4 Å². The average Bonchev–Trinajstić information content (AvgIpc) is 2.70. The molecule has 0 spiro atoms. The second kappa shape index (κ2) is 13.4. The number of hydrogen-bond acceptors (Lipinski definition) is 6.